The summed E-state index contributed by atoms with van der Waals surface area (Å²) in [5.41, 5.74) is 1.42. The molecule has 0 N–H and O–H groups in total. The average Bonchev–Trinajstić information content (AvgIpc) is 2.31. The van der Waals surface area contributed by atoms with E-state index in [2.05, 4.69) is 33.8 Å². The number of furan rings is 1. The molecule has 1 rings (SSSR count). The molecule has 0 atom stereocenters. The van der Waals surface area contributed by atoms with Crippen molar-refractivity contribution in [1.82, 2.24) is 0 Å². The SMILES string of the molecule is C/C(=C\C(C)(C)C)c1ccc(C)o1. The highest BCUT2D eigenvalue weighted by atomic mass is 16.3. The zero-order chi connectivity index (χ0) is 10.1. The molecule has 0 bridgehead atoms. The van der Waals surface area contributed by atoms with Crippen molar-refractivity contribution >= 4 is 5.57 Å². The molecular formula is C12H18O. The van der Waals surface area contributed by atoms with Crippen molar-refractivity contribution in [2.45, 2.75) is 34.6 Å². The second-order valence-electron chi connectivity index (χ2n) is 4.60. The summed E-state index contributed by atoms with van der Waals surface area (Å²) in [6, 6.07) is 4.02. The van der Waals surface area contributed by atoms with Gasteiger partial charge in [0.25, 0.3) is 0 Å². The van der Waals surface area contributed by atoms with Crippen LogP contribution in [0.25, 0.3) is 5.57 Å². The van der Waals surface area contributed by atoms with Crippen molar-refractivity contribution in [2.24, 2.45) is 5.41 Å². The number of allylic oxidation sites excluding steroid dienone is 2. The van der Waals surface area contributed by atoms with E-state index in [9.17, 15) is 0 Å². The lowest BCUT2D eigenvalue weighted by molar-refractivity contribution is 0.513. The highest BCUT2D eigenvalue weighted by molar-refractivity contribution is 5.59. The van der Waals surface area contributed by atoms with Crippen molar-refractivity contribution in [2.75, 3.05) is 0 Å². The summed E-state index contributed by atoms with van der Waals surface area (Å²) in [7, 11) is 0. The number of hydrogen-bond donors (Lipinski definition) is 0. The van der Waals surface area contributed by atoms with Crippen LogP contribution in [0.3, 0.4) is 0 Å². The molecule has 1 heteroatoms. The maximum absolute atomic E-state index is 5.52. The Morgan fingerprint density at radius 3 is 2.31 bits per heavy atom. The maximum Gasteiger partial charge on any atom is 0.129 e. The van der Waals surface area contributed by atoms with Gasteiger partial charge in [0.1, 0.15) is 11.5 Å². The molecule has 0 saturated heterocycles. The van der Waals surface area contributed by atoms with Crippen LogP contribution < -0.4 is 0 Å². The molecule has 13 heavy (non-hydrogen) atoms. The standard InChI is InChI=1S/C12H18O/c1-9(8-12(3,4)5)11-7-6-10(2)13-11/h6-8H,1-5H3/b9-8+. The molecule has 72 valence electrons. The Morgan fingerprint density at radius 1 is 1.31 bits per heavy atom. The van der Waals surface area contributed by atoms with Gasteiger partial charge in [0.15, 0.2) is 0 Å². The predicted octanol–water partition coefficient (Wildman–Crippen LogP) is 4.04. The Labute approximate surface area is 80.5 Å². The summed E-state index contributed by atoms with van der Waals surface area (Å²) >= 11 is 0. The van der Waals surface area contributed by atoms with Gasteiger partial charge in [-0.25, -0.2) is 0 Å². The molecule has 0 unspecified atom stereocenters. The topological polar surface area (TPSA) is 13.1 Å². The van der Waals surface area contributed by atoms with Crippen LogP contribution in [0, 0.1) is 12.3 Å². The molecule has 0 spiro atoms. The van der Waals surface area contributed by atoms with Gasteiger partial charge in [-0.05, 0) is 37.0 Å². The van der Waals surface area contributed by atoms with Crippen LogP contribution in [0.5, 0.6) is 0 Å². The summed E-state index contributed by atoms with van der Waals surface area (Å²) < 4.78 is 5.52. The van der Waals surface area contributed by atoms with Gasteiger partial charge in [-0.2, -0.15) is 0 Å². The first kappa shape index (κ1) is 10.1. The maximum atomic E-state index is 5.52. The van der Waals surface area contributed by atoms with E-state index in [0.717, 1.165) is 11.5 Å². The molecule has 1 aromatic heterocycles. The fraction of sp³-hybridized carbons (Fsp3) is 0.500. The summed E-state index contributed by atoms with van der Waals surface area (Å²) in [6.45, 7) is 10.6. The third kappa shape index (κ3) is 3.10. The van der Waals surface area contributed by atoms with Gasteiger partial charge in [0, 0.05) is 0 Å². The van der Waals surface area contributed by atoms with E-state index in [1.807, 2.05) is 19.1 Å². The van der Waals surface area contributed by atoms with Gasteiger partial charge < -0.3 is 4.42 Å². The molecule has 1 nitrogen and oxygen atoms in total. The van der Waals surface area contributed by atoms with Crippen LogP contribution >= 0.6 is 0 Å². The van der Waals surface area contributed by atoms with Gasteiger partial charge in [-0.15, -0.1) is 0 Å². The molecule has 1 aromatic rings. The van der Waals surface area contributed by atoms with E-state index >= 15 is 0 Å². The van der Waals surface area contributed by atoms with Crippen LogP contribution in [-0.4, -0.2) is 0 Å². The first-order valence-electron chi connectivity index (χ1n) is 4.65. The van der Waals surface area contributed by atoms with E-state index in [1.165, 1.54) is 5.57 Å². The van der Waals surface area contributed by atoms with E-state index in [4.69, 9.17) is 4.42 Å². The zero-order valence-electron chi connectivity index (χ0n) is 9.14. The average molecular weight is 178 g/mol. The van der Waals surface area contributed by atoms with Gasteiger partial charge >= 0.3 is 0 Å². The molecule has 1 heterocycles. The van der Waals surface area contributed by atoms with Crippen LogP contribution in [0.2, 0.25) is 0 Å². The third-order valence-electron chi connectivity index (χ3n) is 1.78. The van der Waals surface area contributed by atoms with Gasteiger partial charge in [0.2, 0.25) is 0 Å². The first-order valence-corrected chi connectivity index (χ1v) is 4.65. The van der Waals surface area contributed by atoms with E-state index in [-0.39, 0.29) is 5.41 Å². The highest BCUT2D eigenvalue weighted by Gasteiger charge is 2.08. The van der Waals surface area contributed by atoms with E-state index < -0.39 is 0 Å². The second kappa shape index (κ2) is 3.41. The first-order chi connectivity index (χ1) is 5.88. The van der Waals surface area contributed by atoms with E-state index in [0.29, 0.717) is 0 Å². The molecule has 0 amide bonds. The normalized spacial score (nSPS) is 13.5. The van der Waals surface area contributed by atoms with Crippen LogP contribution in [0.4, 0.5) is 0 Å². The molecule has 0 fully saturated rings. The Bertz CT molecular complexity index is 310. The number of rotatable bonds is 1. The largest absolute Gasteiger partial charge is 0.462 e. The highest BCUT2D eigenvalue weighted by Crippen LogP contribution is 2.24. The zero-order valence-corrected chi connectivity index (χ0v) is 9.14. The smallest absolute Gasteiger partial charge is 0.129 e. The van der Waals surface area contributed by atoms with Crippen molar-refractivity contribution in [3.05, 3.63) is 29.7 Å². The minimum Gasteiger partial charge on any atom is -0.462 e. The molecule has 0 radical (unpaired) electrons. The molecular weight excluding hydrogens is 160 g/mol. The number of hydrogen-bond acceptors (Lipinski definition) is 1. The second-order valence-corrected chi connectivity index (χ2v) is 4.60. The lowest BCUT2D eigenvalue weighted by atomic mass is 9.93. The molecule has 0 aliphatic heterocycles. The van der Waals surface area contributed by atoms with Gasteiger partial charge in [-0.3, -0.25) is 0 Å². The van der Waals surface area contributed by atoms with Crippen LogP contribution in [-0.2, 0) is 0 Å². The lowest BCUT2D eigenvalue weighted by Gasteiger charge is -2.13. The lowest BCUT2D eigenvalue weighted by Crippen LogP contribution is -1.99. The van der Waals surface area contributed by atoms with Gasteiger partial charge in [-0.1, -0.05) is 26.8 Å². The Hall–Kier alpha value is -0.980. The Balaban J connectivity index is 2.91. The monoisotopic (exact) mass is 178 g/mol. The molecule has 0 aliphatic carbocycles. The summed E-state index contributed by atoms with van der Waals surface area (Å²) in [5, 5.41) is 0. The van der Waals surface area contributed by atoms with E-state index in [1.54, 1.807) is 0 Å². The molecule has 0 saturated carbocycles. The Morgan fingerprint density at radius 2 is 1.92 bits per heavy atom. The molecule has 0 aromatic carbocycles. The Kier molecular flexibility index (Phi) is 2.65. The molecule has 0 aliphatic rings. The summed E-state index contributed by atoms with van der Waals surface area (Å²) in [4.78, 5) is 0. The summed E-state index contributed by atoms with van der Waals surface area (Å²) in [5.74, 6) is 1.95. The third-order valence-corrected chi connectivity index (χ3v) is 1.78. The van der Waals surface area contributed by atoms with Crippen molar-refractivity contribution in [1.29, 1.82) is 0 Å². The van der Waals surface area contributed by atoms with Gasteiger partial charge in [0.05, 0.1) is 0 Å². The van der Waals surface area contributed by atoms with Crippen LogP contribution in [0.1, 0.15) is 39.2 Å². The minimum atomic E-state index is 0.213. The van der Waals surface area contributed by atoms with Crippen molar-refractivity contribution < 1.29 is 4.42 Å². The van der Waals surface area contributed by atoms with Crippen LogP contribution in [0.15, 0.2) is 22.6 Å². The predicted molar refractivity (Wildman–Crippen MR) is 56.6 cm³/mol. The fourth-order valence-electron chi connectivity index (χ4n) is 1.37. The summed E-state index contributed by atoms with van der Waals surface area (Å²) in [6.07, 6.45) is 2.23. The fourth-order valence-corrected chi connectivity index (χ4v) is 1.37. The number of aryl methyl sites for hydroxylation is 1. The quantitative estimate of drug-likeness (QED) is 0.632. The van der Waals surface area contributed by atoms with Crippen molar-refractivity contribution in [3.63, 3.8) is 0 Å². The van der Waals surface area contributed by atoms with Crippen molar-refractivity contribution in [3.8, 4) is 0 Å². The minimum absolute atomic E-state index is 0.213.